The zero-order valence-corrected chi connectivity index (χ0v) is 18.7. The van der Waals surface area contributed by atoms with Crippen molar-refractivity contribution >= 4 is 21.6 Å². The summed E-state index contributed by atoms with van der Waals surface area (Å²) < 4.78 is 31.4. The Hall–Kier alpha value is -2.54. The Morgan fingerprint density at radius 1 is 1.10 bits per heavy atom. The molecule has 7 heteroatoms. The number of sulfonamides is 1. The van der Waals surface area contributed by atoms with Crippen LogP contribution < -0.4 is 14.4 Å². The molecule has 1 amide bonds. The molecule has 2 rings (SSSR count). The lowest BCUT2D eigenvalue weighted by atomic mass is 10.00. The number of aryl methyl sites for hydroxylation is 2. The topological polar surface area (TPSA) is 75.7 Å². The van der Waals surface area contributed by atoms with Crippen molar-refractivity contribution in [2.75, 3.05) is 17.2 Å². The molecule has 0 aromatic heterocycles. The van der Waals surface area contributed by atoms with Gasteiger partial charge in [0, 0.05) is 0 Å². The molecular weight excluding hydrogens is 388 g/mol. The molecule has 0 radical (unpaired) electrons. The van der Waals surface area contributed by atoms with Gasteiger partial charge in [-0.25, -0.2) is 8.42 Å². The minimum atomic E-state index is -3.67. The van der Waals surface area contributed by atoms with Gasteiger partial charge in [0.15, 0.2) is 0 Å². The summed E-state index contributed by atoms with van der Waals surface area (Å²) in [6.45, 7) is 9.88. The smallest absolute Gasteiger partial charge is 0.244 e. The second kappa shape index (κ2) is 9.31. The summed E-state index contributed by atoms with van der Waals surface area (Å²) >= 11 is 0. The van der Waals surface area contributed by atoms with Gasteiger partial charge in [-0.15, -0.1) is 0 Å². The molecule has 2 aromatic rings. The molecule has 29 heavy (non-hydrogen) atoms. The van der Waals surface area contributed by atoms with Crippen LogP contribution in [-0.2, 0) is 14.8 Å². The van der Waals surface area contributed by atoms with Crippen LogP contribution in [-0.4, -0.2) is 33.2 Å². The van der Waals surface area contributed by atoms with Gasteiger partial charge in [0.05, 0.1) is 24.6 Å². The van der Waals surface area contributed by atoms with Gasteiger partial charge in [0.1, 0.15) is 11.8 Å². The number of nitrogens with zero attached hydrogens (tertiary/aromatic N) is 1. The van der Waals surface area contributed by atoms with Crippen molar-refractivity contribution in [2.24, 2.45) is 0 Å². The van der Waals surface area contributed by atoms with Crippen LogP contribution in [0.3, 0.4) is 0 Å². The fourth-order valence-corrected chi connectivity index (χ4v) is 4.56. The van der Waals surface area contributed by atoms with Gasteiger partial charge in [-0.1, -0.05) is 23.8 Å². The van der Waals surface area contributed by atoms with Crippen molar-refractivity contribution in [2.45, 2.75) is 46.7 Å². The Bertz CT molecular complexity index is 955. The van der Waals surface area contributed by atoms with E-state index in [1.54, 1.807) is 31.2 Å². The van der Waals surface area contributed by atoms with Crippen molar-refractivity contribution < 1.29 is 17.9 Å². The fraction of sp³-hybridized carbons (Fsp3) is 0.409. The molecule has 0 unspecified atom stereocenters. The lowest BCUT2D eigenvalue weighted by Gasteiger charge is -2.29. The lowest BCUT2D eigenvalue weighted by molar-refractivity contribution is -0.122. The summed E-state index contributed by atoms with van der Waals surface area (Å²) in [4.78, 5) is 12.9. The average Bonchev–Trinajstić information content (AvgIpc) is 2.62. The van der Waals surface area contributed by atoms with E-state index in [0.717, 1.165) is 27.3 Å². The molecule has 2 aromatic carbocycles. The van der Waals surface area contributed by atoms with E-state index in [2.05, 4.69) is 11.4 Å². The monoisotopic (exact) mass is 418 g/mol. The Balaban J connectivity index is 2.24. The Morgan fingerprint density at radius 3 is 2.24 bits per heavy atom. The van der Waals surface area contributed by atoms with Crippen LogP contribution in [0.15, 0.2) is 42.5 Å². The van der Waals surface area contributed by atoms with Crippen molar-refractivity contribution in [3.63, 3.8) is 0 Å². The van der Waals surface area contributed by atoms with Crippen LogP contribution in [0.5, 0.6) is 5.75 Å². The number of benzene rings is 2. The summed E-state index contributed by atoms with van der Waals surface area (Å²) in [6, 6.07) is 11.6. The number of ether oxygens (including phenoxy) is 1. The molecule has 0 aliphatic rings. The first-order chi connectivity index (χ1) is 13.5. The number of nitrogens with one attached hydrogen (secondary N) is 1. The van der Waals surface area contributed by atoms with Gasteiger partial charge in [-0.2, -0.15) is 0 Å². The third kappa shape index (κ3) is 5.73. The Morgan fingerprint density at radius 2 is 1.72 bits per heavy atom. The van der Waals surface area contributed by atoms with Crippen LogP contribution in [0.2, 0.25) is 0 Å². The zero-order chi connectivity index (χ0) is 21.8. The predicted octanol–water partition coefficient (Wildman–Crippen LogP) is 3.73. The van der Waals surface area contributed by atoms with Gasteiger partial charge in [-0.05, 0) is 70.0 Å². The number of hydrogen-bond donors (Lipinski definition) is 1. The maximum absolute atomic E-state index is 12.9. The van der Waals surface area contributed by atoms with Crippen molar-refractivity contribution in [1.82, 2.24) is 5.32 Å². The van der Waals surface area contributed by atoms with Crippen molar-refractivity contribution in [3.05, 3.63) is 59.2 Å². The second-order valence-electron chi connectivity index (χ2n) is 7.25. The van der Waals surface area contributed by atoms with Crippen LogP contribution in [0.4, 0.5) is 5.69 Å². The van der Waals surface area contributed by atoms with Crippen LogP contribution in [0.1, 0.15) is 43.5 Å². The van der Waals surface area contributed by atoms with E-state index >= 15 is 0 Å². The number of amides is 1. The SMILES string of the molecule is CCOc1ccc(N([C@@H](C)C(=O)N[C@@H](C)c2ccc(C)cc2C)S(C)(=O)=O)cc1. The Labute approximate surface area is 173 Å². The number of carbonyl (C=O) groups excluding carboxylic acids is 1. The first-order valence-corrected chi connectivity index (χ1v) is 11.5. The zero-order valence-electron chi connectivity index (χ0n) is 17.9. The molecule has 0 heterocycles. The van der Waals surface area contributed by atoms with E-state index in [9.17, 15) is 13.2 Å². The average molecular weight is 419 g/mol. The number of anilines is 1. The van der Waals surface area contributed by atoms with E-state index < -0.39 is 16.1 Å². The minimum absolute atomic E-state index is 0.243. The molecular formula is C22H30N2O4S. The van der Waals surface area contributed by atoms with Gasteiger partial charge in [0.25, 0.3) is 0 Å². The maximum Gasteiger partial charge on any atom is 0.244 e. The molecule has 1 N–H and O–H groups in total. The van der Waals surface area contributed by atoms with E-state index in [1.165, 1.54) is 0 Å². The molecule has 0 aliphatic heterocycles. The summed E-state index contributed by atoms with van der Waals surface area (Å²) in [6.07, 6.45) is 1.10. The van der Waals surface area contributed by atoms with Crippen molar-refractivity contribution in [3.8, 4) is 5.75 Å². The molecule has 6 nitrogen and oxygen atoms in total. The van der Waals surface area contributed by atoms with Gasteiger partial charge < -0.3 is 10.1 Å². The van der Waals surface area contributed by atoms with Crippen LogP contribution in [0, 0.1) is 13.8 Å². The quantitative estimate of drug-likeness (QED) is 0.709. The molecule has 0 bridgehead atoms. The van der Waals surface area contributed by atoms with Gasteiger partial charge >= 0.3 is 0 Å². The number of rotatable bonds is 8. The molecule has 0 aliphatic carbocycles. The molecule has 2 atom stereocenters. The molecule has 0 fully saturated rings. The van der Waals surface area contributed by atoms with Crippen LogP contribution in [0.25, 0.3) is 0 Å². The highest BCUT2D eigenvalue weighted by Gasteiger charge is 2.30. The summed E-state index contributed by atoms with van der Waals surface area (Å²) in [5, 5.41) is 2.94. The maximum atomic E-state index is 12.9. The number of carbonyl (C=O) groups is 1. The molecule has 0 saturated carbocycles. The first kappa shape index (κ1) is 22.7. The van der Waals surface area contributed by atoms with E-state index in [0.29, 0.717) is 18.0 Å². The normalized spacial score (nSPS) is 13.4. The van der Waals surface area contributed by atoms with Gasteiger partial charge in [0.2, 0.25) is 15.9 Å². The molecule has 158 valence electrons. The minimum Gasteiger partial charge on any atom is -0.494 e. The van der Waals surface area contributed by atoms with E-state index in [-0.39, 0.29) is 11.9 Å². The third-order valence-electron chi connectivity index (χ3n) is 4.74. The third-order valence-corrected chi connectivity index (χ3v) is 5.98. The van der Waals surface area contributed by atoms with Gasteiger partial charge in [-0.3, -0.25) is 9.10 Å². The summed E-state index contributed by atoms with van der Waals surface area (Å²) in [5.74, 6) is 0.280. The first-order valence-electron chi connectivity index (χ1n) is 9.64. The highest BCUT2D eigenvalue weighted by atomic mass is 32.2. The summed E-state index contributed by atoms with van der Waals surface area (Å²) in [7, 11) is -3.67. The predicted molar refractivity (Wildman–Crippen MR) is 117 cm³/mol. The summed E-state index contributed by atoms with van der Waals surface area (Å²) in [5.41, 5.74) is 3.65. The molecule has 0 saturated heterocycles. The van der Waals surface area contributed by atoms with Crippen LogP contribution >= 0.6 is 0 Å². The Kier molecular flexibility index (Phi) is 7.30. The fourth-order valence-electron chi connectivity index (χ4n) is 3.39. The standard InChI is InChI=1S/C22H30N2O4S/c1-7-28-20-11-9-19(10-12-20)24(29(6,26)27)18(5)22(25)23-17(4)21-13-8-15(2)14-16(21)3/h8-14,17-18H,7H2,1-6H3,(H,23,25)/t17-,18-/m0/s1. The lowest BCUT2D eigenvalue weighted by Crippen LogP contribution is -2.48. The second-order valence-corrected chi connectivity index (χ2v) is 9.11. The largest absolute Gasteiger partial charge is 0.494 e. The highest BCUT2D eigenvalue weighted by Crippen LogP contribution is 2.25. The number of hydrogen-bond acceptors (Lipinski definition) is 4. The van der Waals surface area contributed by atoms with E-state index in [4.69, 9.17) is 4.74 Å². The highest BCUT2D eigenvalue weighted by molar-refractivity contribution is 7.92. The molecule has 0 spiro atoms. The van der Waals surface area contributed by atoms with Crippen molar-refractivity contribution in [1.29, 1.82) is 0 Å². The van der Waals surface area contributed by atoms with E-state index in [1.807, 2.05) is 39.8 Å².